The number of hydrogen-bond acceptors (Lipinski definition) is 4. The molecule has 0 unspecified atom stereocenters. The van der Waals surface area contributed by atoms with Gasteiger partial charge in [-0.25, -0.2) is 0 Å². The van der Waals surface area contributed by atoms with Gasteiger partial charge in [-0.3, -0.25) is 9.69 Å². The fourth-order valence-electron chi connectivity index (χ4n) is 2.61. The number of nitrogens with two attached hydrogens (primary N) is 1. The van der Waals surface area contributed by atoms with Crippen LogP contribution < -0.4 is 5.73 Å². The Morgan fingerprint density at radius 3 is 2.71 bits per heavy atom. The van der Waals surface area contributed by atoms with E-state index in [0.717, 1.165) is 41.9 Å². The Labute approximate surface area is 129 Å². The molecule has 4 nitrogen and oxygen atoms in total. The number of carbonyl (C=O) groups excluding carboxylic acids is 1. The summed E-state index contributed by atoms with van der Waals surface area (Å²) in [4.78, 5) is 18.6. The second-order valence-electron chi connectivity index (χ2n) is 5.71. The van der Waals surface area contributed by atoms with Crippen LogP contribution in [0.1, 0.15) is 27.4 Å². The van der Waals surface area contributed by atoms with Gasteiger partial charge in [0.05, 0.1) is 16.3 Å². The minimum Gasteiger partial charge on any atom is -0.335 e. The van der Waals surface area contributed by atoms with E-state index in [1.54, 1.807) is 0 Å². The standard InChI is InChI=1S/C16H21N3OS/c17-7-1-2-14-5-6-15(21-14)16(20)19-10-8-18(9-11-19)12-13-3-4-13/h5-6,13H,3-4,7-12,17H2. The SMILES string of the molecule is NCC#Cc1ccc(C(=O)N2CCN(CC3CC3)CC2)s1. The largest absolute Gasteiger partial charge is 0.335 e. The van der Waals surface area contributed by atoms with Crippen molar-refractivity contribution < 1.29 is 4.79 Å². The molecule has 112 valence electrons. The molecule has 1 saturated heterocycles. The van der Waals surface area contributed by atoms with E-state index in [4.69, 9.17) is 5.73 Å². The smallest absolute Gasteiger partial charge is 0.264 e. The van der Waals surface area contributed by atoms with Crippen molar-refractivity contribution in [3.63, 3.8) is 0 Å². The molecule has 1 amide bonds. The van der Waals surface area contributed by atoms with E-state index in [1.165, 1.54) is 30.7 Å². The molecule has 5 heteroatoms. The van der Waals surface area contributed by atoms with Crippen LogP contribution in [0.3, 0.4) is 0 Å². The molecular weight excluding hydrogens is 282 g/mol. The number of hydrogen-bond donors (Lipinski definition) is 1. The summed E-state index contributed by atoms with van der Waals surface area (Å²) < 4.78 is 0. The van der Waals surface area contributed by atoms with Gasteiger partial charge in [0.1, 0.15) is 0 Å². The molecule has 3 rings (SSSR count). The summed E-state index contributed by atoms with van der Waals surface area (Å²) in [6.45, 7) is 5.27. The highest BCUT2D eigenvalue weighted by molar-refractivity contribution is 7.14. The molecule has 1 aromatic heterocycles. The first-order valence-corrected chi connectivity index (χ1v) is 8.38. The van der Waals surface area contributed by atoms with Crippen molar-refractivity contribution in [2.45, 2.75) is 12.8 Å². The van der Waals surface area contributed by atoms with E-state index >= 15 is 0 Å². The zero-order chi connectivity index (χ0) is 14.7. The van der Waals surface area contributed by atoms with Crippen LogP contribution >= 0.6 is 11.3 Å². The molecule has 1 aliphatic carbocycles. The average Bonchev–Trinajstić information content (AvgIpc) is 3.20. The Balaban J connectivity index is 1.54. The molecule has 21 heavy (non-hydrogen) atoms. The van der Waals surface area contributed by atoms with E-state index < -0.39 is 0 Å². The van der Waals surface area contributed by atoms with Crippen molar-refractivity contribution in [2.75, 3.05) is 39.3 Å². The summed E-state index contributed by atoms with van der Waals surface area (Å²) in [5, 5.41) is 0. The predicted octanol–water partition coefficient (Wildman–Crippen LogP) is 1.23. The number of carbonyl (C=O) groups is 1. The second kappa shape index (κ2) is 6.61. The van der Waals surface area contributed by atoms with Crippen molar-refractivity contribution in [3.05, 3.63) is 21.9 Å². The van der Waals surface area contributed by atoms with Crippen molar-refractivity contribution in [3.8, 4) is 11.8 Å². The number of thiophene rings is 1. The maximum absolute atomic E-state index is 12.5. The predicted molar refractivity (Wildman–Crippen MR) is 85.3 cm³/mol. The lowest BCUT2D eigenvalue weighted by Crippen LogP contribution is -2.49. The van der Waals surface area contributed by atoms with Gasteiger partial charge in [-0.05, 0) is 30.9 Å². The lowest BCUT2D eigenvalue weighted by Gasteiger charge is -2.34. The number of piperazine rings is 1. The maximum atomic E-state index is 12.5. The Hall–Kier alpha value is -1.35. The number of rotatable bonds is 3. The molecule has 0 radical (unpaired) electrons. The minimum absolute atomic E-state index is 0.145. The molecule has 0 spiro atoms. The highest BCUT2D eigenvalue weighted by Gasteiger charge is 2.28. The lowest BCUT2D eigenvalue weighted by molar-refractivity contribution is 0.0637. The zero-order valence-corrected chi connectivity index (χ0v) is 13.0. The van der Waals surface area contributed by atoms with Gasteiger partial charge in [0, 0.05) is 32.7 Å². The zero-order valence-electron chi connectivity index (χ0n) is 12.2. The third-order valence-corrected chi connectivity index (χ3v) is 4.99. The molecule has 2 N–H and O–H groups in total. The van der Waals surface area contributed by atoms with Crippen LogP contribution in [-0.4, -0.2) is 55.0 Å². The maximum Gasteiger partial charge on any atom is 0.264 e. The van der Waals surface area contributed by atoms with Crippen LogP contribution in [0.25, 0.3) is 0 Å². The molecule has 2 heterocycles. The molecular formula is C16H21N3OS. The fourth-order valence-corrected chi connectivity index (χ4v) is 3.46. The van der Waals surface area contributed by atoms with Crippen molar-refractivity contribution in [1.82, 2.24) is 9.80 Å². The topological polar surface area (TPSA) is 49.6 Å². The summed E-state index contributed by atoms with van der Waals surface area (Å²) >= 11 is 1.46. The Bertz CT molecular complexity index is 560. The van der Waals surface area contributed by atoms with Gasteiger partial charge in [0.2, 0.25) is 0 Å². The Morgan fingerprint density at radius 1 is 1.29 bits per heavy atom. The molecule has 1 saturated carbocycles. The van der Waals surface area contributed by atoms with Crippen LogP contribution in [0.2, 0.25) is 0 Å². The minimum atomic E-state index is 0.145. The summed E-state index contributed by atoms with van der Waals surface area (Å²) in [6, 6.07) is 3.79. The van der Waals surface area contributed by atoms with E-state index in [2.05, 4.69) is 16.7 Å². The van der Waals surface area contributed by atoms with Crippen molar-refractivity contribution in [1.29, 1.82) is 0 Å². The van der Waals surface area contributed by atoms with Gasteiger partial charge in [-0.1, -0.05) is 11.8 Å². The molecule has 1 aromatic rings. The highest BCUT2D eigenvalue weighted by atomic mass is 32.1. The third kappa shape index (κ3) is 3.85. The molecule has 0 bridgehead atoms. The van der Waals surface area contributed by atoms with Crippen LogP contribution in [0, 0.1) is 17.8 Å². The molecule has 2 aliphatic rings. The van der Waals surface area contributed by atoms with Gasteiger partial charge in [-0.2, -0.15) is 0 Å². The van der Waals surface area contributed by atoms with E-state index in [9.17, 15) is 4.79 Å². The van der Waals surface area contributed by atoms with Gasteiger partial charge in [0.25, 0.3) is 5.91 Å². The third-order valence-electron chi connectivity index (χ3n) is 4.00. The first-order chi connectivity index (χ1) is 10.3. The molecule has 2 fully saturated rings. The van der Waals surface area contributed by atoms with Crippen LogP contribution in [0.15, 0.2) is 12.1 Å². The van der Waals surface area contributed by atoms with Crippen molar-refractivity contribution >= 4 is 17.2 Å². The Kier molecular flexibility index (Phi) is 4.59. The number of nitrogens with zero attached hydrogens (tertiary/aromatic N) is 2. The van der Waals surface area contributed by atoms with Crippen molar-refractivity contribution in [2.24, 2.45) is 11.7 Å². The van der Waals surface area contributed by atoms with Crippen LogP contribution in [-0.2, 0) is 0 Å². The fraction of sp³-hybridized carbons (Fsp3) is 0.562. The van der Waals surface area contributed by atoms with E-state index in [1.807, 2.05) is 17.0 Å². The quantitative estimate of drug-likeness (QED) is 0.855. The number of amides is 1. The first kappa shape index (κ1) is 14.6. The first-order valence-electron chi connectivity index (χ1n) is 7.56. The molecule has 1 aliphatic heterocycles. The average molecular weight is 303 g/mol. The van der Waals surface area contributed by atoms with Gasteiger partial charge in [0.15, 0.2) is 0 Å². The normalized spacial score (nSPS) is 19.2. The second-order valence-corrected chi connectivity index (χ2v) is 6.79. The molecule has 0 atom stereocenters. The highest BCUT2D eigenvalue weighted by Crippen LogP contribution is 2.30. The lowest BCUT2D eigenvalue weighted by atomic mass is 10.2. The summed E-state index contributed by atoms with van der Waals surface area (Å²) in [5.41, 5.74) is 5.36. The van der Waals surface area contributed by atoms with Gasteiger partial charge < -0.3 is 10.6 Å². The van der Waals surface area contributed by atoms with Crippen LogP contribution in [0.5, 0.6) is 0 Å². The van der Waals surface area contributed by atoms with Gasteiger partial charge >= 0.3 is 0 Å². The summed E-state index contributed by atoms with van der Waals surface area (Å²) in [5.74, 6) is 6.88. The van der Waals surface area contributed by atoms with Crippen LogP contribution in [0.4, 0.5) is 0 Å². The monoisotopic (exact) mass is 303 g/mol. The Morgan fingerprint density at radius 2 is 2.05 bits per heavy atom. The van der Waals surface area contributed by atoms with Gasteiger partial charge in [-0.15, -0.1) is 11.3 Å². The van der Waals surface area contributed by atoms with E-state index in [-0.39, 0.29) is 5.91 Å². The summed E-state index contributed by atoms with van der Waals surface area (Å²) in [6.07, 6.45) is 2.78. The summed E-state index contributed by atoms with van der Waals surface area (Å²) in [7, 11) is 0. The van der Waals surface area contributed by atoms with E-state index in [0.29, 0.717) is 6.54 Å². The molecule has 0 aromatic carbocycles.